The van der Waals surface area contributed by atoms with Gasteiger partial charge in [-0.15, -0.1) is 0 Å². The van der Waals surface area contributed by atoms with Crippen LogP contribution in [0, 0.1) is 0 Å². The minimum absolute atomic E-state index is 0.0360. The van der Waals surface area contributed by atoms with E-state index < -0.39 is 0 Å². The molecular formula is C16H22N2O. The minimum Gasteiger partial charge on any atom is -0.359 e. The fourth-order valence-corrected chi connectivity index (χ4v) is 3.32. The standard InChI is InChI=1S/C16H22N2O/c1-3-12(2)17-9-6-10-18-14-8-5-4-7-13(14)11-15(18)16(17)19/h4-5,7-8,12,15H,3,6,9-11H2,1-2H3. The molecule has 19 heavy (non-hydrogen) atoms. The molecule has 2 aliphatic rings. The summed E-state index contributed by atoms with van der Waals surface area (Å²) in [6, 6.07) is 8.85. The summed E-state index contributed by atoms with van der Waals surface area (Å²) >= 11 is 0. The first-order valence-electron chi connectivity index (χ1n) is 7.37. The molecule has 0 saturated carbocycles. The summed E-state index contributed by atoms with van der Waals surface area (Å²) in [7, 11) is 0. The summed E-state index contributed by atoms with van der Waals surface area (Å²) in [6.07, 6.45) is 2.98. The summed E-state index contributed by atoms with van der Waals surface area (Å²) < 4.78 is 0. The van der Waals surface area contributed by atoms with E-state index >= 15 is 0 Å². The zero-order valence-electron chi connectivity index (χ0n) is 11.8. The second kappa shape index (κ2) is 4.87. The molecule has 0 spiro atoms. The Hall–Kier alpha value is -1.51. The normalized spacial score (nSPS) is 23.9. The van der Waals surface area contributed by atoms with Gasteiger partial charge in [0.15, 0.2) is 0 Å². The van der Waals surface area contributed by atoms with Gasteiger partial charge in [-0.3, -0.25) is 4.79 Å². The average Bonchev–Trinajstić information content (AvgIpc) is 2.73. The van der Waals surface area contributed by atoms with Crippen molar-refractivity contribution in [2.75, 3.05) is 18.0 Å². The number of hydrogen-bond acceptors (Lipinski definition) is 2. The molecule has 3 heteroatoms. The zero-order chi connectivity index (χ0) is 13.4. The molecule has 1 amide bonds. The number of fused-ring (bicyclic) bond motifs is 3. The van der Waals surface area contributed by atoms with Gasteiger partial charge in [-0.25, -0.2) is 0 Å². The van der Waals surface area contributed by atoms with Crippen molar-refractivity contribution in [1.82, 2.24) is 4.90 Å². The van der Waals surface area contributed by atoms with Crippen LogP contribution in [0.5, 0.6) is 0 Å². The van der Waals surface area contributed by atoms with Gasteiger partial charge in [-0.05, 0) is 31.4 Å². The Labute approximate surface area is 115 Å². The van der Waals surface area contributed by atoms with Crippen LogP contribution >= 0.6 is 0 Å². The summed E-state index contributed by atoms with van der Waals surface area (Å²) in [5.74, 6) is 0.322. The molecule has 0 aliphatic carbocycles. The SMILES string of the molecule is CCC(C)N1CCCN2c3ccccc3CC2C1=O. The molecule has 3 nitrogen and oxygen atoms in total. The predicted octanol–water partition coefficient (Wildman–Crippen LogP) is 2.45. The lowest BCUT2D eigenvalue weighted by Crippen LogP contribution is -2.47. The van der Waals surface area contributed by atoms with Crippen LogP contribution in [-0.2, 0) is 11.2 Å². The largest absolute Gasteiger partial charge is 0.359 e. The van der Waals surface area contributed by atoms with Gasteiger partial charge in [-0.1, -0.05) is 25.1 Å². The van der Waals surface area contributed by atoms with Gasteiger partial charge in [0, 0.05) is 31.2 Å². The quantitative estimate of drug-likeness (QED) is 0.813. The number of benzene rings is 1. The minimum atomic E-state index is 0.0360. The molecule has 0 N–H and O–H groups in total. The monoisotopic (exact) mass is 258 g/mol. The Bertz CT molecular complexity index is 485. The molecule has 2 atom stereocenters. The molecule has 0 bridgehead atoms. The molecule has 2 heterocycles. The number of carbonyl (C=O) groups is 1. The lowest BCUT2D eigenvalue weighted by atomic mass is 10.1. The lowest BCUT2D eigenvalue weighted by Gasteiger charge is -2.30. The molecule has 102 valence electrons. The topological polar surface area (TPSA) is 23.6 Å². The van der Waals surface area contributed by atoms with E-state index in [1.54, 1.807) is 0 Å². The highest BCUT2D eigenvalue weighted by molar-refractivity contribution is 5.89. The van der Waals surface area contributed by atoms with Crippen molar-refractivity contribution in [2.24, 2.45) is 0 Å². The highest BCUT2D eigenvalue weighted by Gasteiger charge is 2.39. The third-order valence-electron chi connectivity index (χ3n) is 4.58. The van der Waals surface area contributed by atoms with E-state index in [0.29, 0.717) is 11.9 Å². The molecule has 0 radical (unpaired) electrons. The average molecular weight is 258 g/mol. The van der Waals surface area contributed by atoms with Crippen molar-refractivity contribution in [3.05, 3.63) is 29.8 Å². The van der Waals surface area contributed by atoms with Crippen LogP contribution in [0.2, 0.25) is 0 Å². The van der Waals surface area contributed by atoms with Gasteiger partial charge in [0.25, 0.3) is 0 Å². The maximum absolute atomic E-state index is 12.8. The Morgan fingerprint density at radius 3 is 2.89 bits per heavy atom. The smallest absolute Gasteiger partial charge is 0.245 e. The van der Waals surface area contributed by atoms with E-state index in [1.165, 1.54) is 11.3 Å². The fraction of sp³-hybridized carbons (Fsp3) is 0.562. The van der Waals surface area contributed by atoms with Crippen LogP contribution in [0.1, 0.15) is 32.3 Å². The third kappa shape index (κ3) is 2.01. The number of nitrogens with zero attached hydrogens (tertiary/aromatic N) is 2. The van der Waals surface area contributed by atoms with Gasteiger partial charge in [0.05, 0.1) is 0 Å². The van der Waals surface area contributed by atoms with Crippen molar-refractivity contribution in [3.63, 3.8) is 0 Å². The maximum atomic E-state index is 12.8. The van der Waals surface area contributed by atoms with E-state index in [9.17, 15) is 4.79 Å². The second-order valence-electron chi connectivity index (χ2n) is 5.68. The van der Waals surface area contributed by atoms with Crippen molar-refractivity contribution in [3.8, 4) is 0 Å². The van der Waals surface area contributed by atoms with Crippen LogP contribution in [0.4, 0.5) is 5.69 Å². The van der Waals surface area contributed by atoms with Crippen molar-refractivity contribution in [1.29, 1.82) is 0 Å². The predicted molar refractivity (Wildman–Crippen MR) is 77.4 cm³/mol. The molecule has 1 fully saturated rings. The summed E-state index contributed by atoms with van der Waals surface area (Å²) in [6.45, 7) is 6.23. The van der Waals surface area contributed by atoms with Crippen molar-refractivity contribution >= 4 is 11.6 Å². The molecule has 2 unspecified atom stereocenters. The summed E-state index contributed by atoms with van der Waals surface area (Å²) in [5.41, 5.74) is 2.60. The maximum Gasteiger partial charge on any atom is 0.245 e. The van der Waals surface area contributed by atoms with Gasteiger partial charge in [-0.2, -0.15) is 0 Å². The Kier molecular flexibility index (Phi) is 3.21. The summed E-state index contributed by atoms with van der Waals surface area (Å²) in [5, 5.41) is 0. The van der Waals surface area contributed by atoms with Gasteiger partial charge in [0.1, 0.15) is 6.04 Å². The molecule has 3 rings (SSSR count). The van der Waals surface area contributed by atoms with E-state index in [-0.39, 0.29) is 6.04 Å². The second-order valence-corrected chi connectivity index (χ2v) is 5.68. The van der Waals surface area contributed by atoms with Crippen LogP contribution in [0.15, 0.2) is 24.3 Å². The number of para-hydroxylation sites is 1. The lowest BCUT2D eigenvalue weighted by molar-refractivity contribution is -0.133. The first-order valence-corrected chi connectivity index (χ1v) is 7.37. The van der Waals surface area contributed by atoms with Crippen LogP contribution in [-0.4, -0.2) is 36.0 Å². The number of hydrogen-bond donors (Lipinski definition) is 0. The summed E-state index contributed by atoms with van der Waals surface area (Å²) in [4.78, 5) is 17.2. The number of rotatable bonds is 2. The van der Waals surface area contributed by atoms with E-state index in [4.69, 9.17) is 0 Å². The van der Waals surface area contributed by atoms with E-state index in [0.717, 1.165) is 32.4 Å². The number of carbonyl (C=O) groups excluding carboxylic acids is 1. The van der Waals surface area contributed by atoms with Crippen LogP contribution < -0.4 is 4.90 Å². The van der Waals surface area contributed by atoms with Gasteiger partial charge < -0.3 is 9.80 Å². The third-order valence-corrected chi connectivity index (χ3v) is 4.58. The van der Waals surface area contributed by atoms with Gasteiger partial charge >= 0.3 is 0 Å². The molecule has 0 aromatic heterocycles. The molecule has 1 aromatic carbocycles. The fourth-order valence-electron chi connectivity index (χ4n) is 3.32. The molecule has 1 saturated heterocycles. The number of anilines is 1. The van der Waals surface area contributed by atoms with E-state index in [1.807, 2.05) is 0 Å². The number of amides is 1. The van der Waals surface area contributed by atoms with Crippen molar-refractivity contribution < 1.29 is 4.79 Å². The Balaban J connectivity index is 1.90. The molecule has 1 aromatic rings. The van der Waals surface area contributed by atoms with Crippen molar-refractivity contribution in [2.45, 2.75) is 45.2 Å². The van der Waals surface area contributed by atoms with E-state index in [2.05, 4.69) is 47.9 Å². The first-order chi connectivity index (χ1) is 9.22. The Morgan fingerprint density at radius 2 is 2.11 bits per heavy atom. The van der Waals surface area contributed by atoms with Gasteiger partial charge in [0.2, 0.25) is 5.91 Å². The zero-order valence-corrected chi connectivity index (χ0v) is 11.8. The highest BCUT2D eigenvalue weighted by atomic mass is 16.2. The molecule has 2 aliphatic heterocycles. The first kappa shape index (κ1) is 12.5. The van der Waals surface area contributed by atoms with Crippen LogP contribution in [0.25, 0.3) is 0 Å². The highest BCUT2D eigenvalue weighted by Crippen LogP contribution is 2.34. The molecular weight excluding hydrogens is 236 g/mol. The Morgan fingerprint density at radius 1 is 1.32 bits per heavy atom. The van der Waals surface area contributed by atoms with Crippen LogP contribution in [0.3, 0.4) is 0 Å².